The lowest BCUT2D eigenvalue weighted by molar-refractivity contribution is 0.122. The monoisotopic (exact) mass is 370 g/mol. The molecule has 0 spiro atoms. The van der Waals surface area contributed by atoms with Gasteiger partial charge in [0.2, 0.25) is 5.88 Å². The second kappa shape index (κ2) is 9.62. The molecule has 0 aliphatic carbocycles. The molecular formula is C20H30N6O. The first kappa shape index (κ1) is 19.5. The second-order valence-corrected chi connectivity index (χ2v) is 7.14. The average molecular weight is 371 g/mol. The number of imidazole rings is 1. The molecular weight excluding hydrogens is 340 g/mol. The number of hydrogen-bond acceptors (Lipinski definition) is 6. The maximum atomic E-state index is 6.19. The minimum absolute atomic E-state index is 0.0848. The minimum atomic E-state index is 0.0848. The Kier molecular flexibility index (Phi) is 6.95. The molecule has 1 saturated heterocycles. The predicted octanol–water partition coefficient (Wildman–Crippen LogP) is 2.32. The van der Waals surface area contributed by atoms with E-state index in [0.717, 1.165) is 57.2 Å². The van der Waals surface area contributed by atoms with Crippen LogP contribution in [0.2, 0.25) is 0 Å². The molecule has 0 radical (unpaired) electrons. The fraction of sp³-hybridized carbons (Fsp3) is 0.550. The summed E-state index contributed by atoms with van der Waals surface area (Å²) in [5, 5.41) is 8.57. The Bertz CT molecular complexity index is 714. The summed E-state index contributed by atoms with van der Waals surface area (Å²) in [5.74, 6) is 2.20. The quantitative estimate of drug-likeness (QED) is 0.665. The van der Waals surface area contributed by atoms with Crippen molar-refractivity contribution >= 4 is 0 Å². The molecule has 0 N–H and O–H groups in total. The van der Waals surface area contributed by atoms with Crippen LogP contribution in [-0.2, 0) is 0 Å². The van der Waals surface area contributed by atoms with Gasteiger partial charge in [-0.3, -0.25) is 9.47 Å². The van der Waals surface area contributed by atoms with Gasteiger partial charge in [-0.2, -0.15) is 0 Å². The smallest absolute Gasteiger partial charge is 0.233 e. The van der Waals surface area contributed by atoms with Crippen LogP contribution >= 0.6 is 0 Å². The zero-order valence-corrected chi connectivity index (χ0v) is 16.4. The maximum Gasteiger partial charge on any atom is 0.233 e. The molecule has 0 bridgehead atoms. The third kappa shape index (κ3) is 5.61. The summed E-state index contributed by atoms with van der Waals surface area (Å²) in [5.41, 5.74) is 0. The normalized spacial score (nSPS) is 17.4. The number of likely N-dealkylation sites (N-methyl/N-ethyl adjacent to an activating group) is 1. The Morgan fingerprint density at radius 2 is 2.11 bits per heavy atom. The van der Waals surface area contributed by atoms with Crippen molar-refractivity contribution < 1.29 is 4.74 Å². The summed E-state index contributed by atoms with van der Waals surface area (Å²) in [4.78, 5) is 9.11. The van der Waals surface area contributed by atoms with E-state index in [4.69, 9.17) is 4.74 Å². The Labute approximate surface area is 161 Å². The molecule has 3 rings (SSSR count). The summed E-state index contributed by atoms with van der Waals surface area (Å²) in [7, 11) is 2.19. The molecule has 7 nitrogen and oxygen atoms in total. The Hall–Kier alpha value is -2.25. The number of allylic oxidation sites excluding steroid dienone is 1. The standard InChI is InChI=1S/C20H30N6O/c1-4-5-7-18(16-25-12-6-11-24(3)14-15-25)27-20-9-8-19(22-23-20)26-13-10-21-17(26)2/h4,8-10,13,18H,1,5-7,11-12,14-16H2,2-3H3. The molecule has 3 heterocycles. The van der Waals surface area contributed by atoms with E-state index in [1.165, 1.54) is 6.42 Å². The first-order valence-electron chi connectivity index (χ1n) is 9.68. The third-order valence-electron chi connectivity index (χ3n) is 4.95. The van der Waals surface area contributed by atoms with Gasteiger partial charge in [0.1, 0.15) is 11.9 Å². The van der Waals surface area contributed by atoms with Crippen LogP contribution in [0.15, 0.2) is 37.2 Å². The highest BCUT2D eigenvalue weighted by molar-refractivity contribution is 5.25. The van der Waals surface area contributed by atoms with Gasteiger partial charge in [0.25, 0.3) is 0 Å². The van der Waals surface area contributed by atoms with Crippen LogP contribution in [0.25, 0.3) is 5.82 Å². The van der Waals surface area contributed by atoms with Crippen molar-refractivity contribution in [2.75, 3.05) is 39.8 Å². The second-order valence-electron chi connectivity index (χ2n) is 7.14. The highest BCUT2D eigenvalue weighted by atomic mass is 16.5. The lowest BCUT2D eigenvalue weighted by Crippen LogP contribution is -2.38. The molecule has 1 aliphatic heterocycles. The molecule has 0 aromatic carbocycles. The summed E-state index contributed by atoms with van der Waals surface area (Å²) in [6.07, 6.45) is 8.72. The number of aromatic nitrogens is 4. The number of rotatable bonds is 8. The van der Waals surface area contributed by atoms with E-state index < -0.39 is 0 Å². The van der Waals surface area contributed by atoms with E-state index >= 15 is 0 Å². The number of aryl methyl sites for hydroxylation is 1. The van der Waals surface area contributed by atoms with Gasteiger partial charge in [0.05, 0.1) is 0 Å². The molecule has 1 unspecified atom stereocenters. The molecule has 0 amide bonds. The van der Waals surface area contributed by atoms with Crippen molar-refractivity contribution in [3.05, 3.63) is 43.0 Å². The highest BCUT2D eigenvalue weighted by Gasteiger charge is 2.19. The van der Waals surface area contributed by atoms with Crippen molar-refractivity contribution in [1.82, 2.24) is 29.5 Å². The van der Waals surface area contributed by atoms with Crippen molar-refractivity contribution in [2.45, 2.75) is 32.3 Å². The lowest BCUT2D eigenvalue weighted by atomic mass is 10.2. The first-order chi connectivity index (χ1) is 13.2. The Balaban J connectivity index is 1.63. The van der Waals surface area contributed by atoms with Crippen molar-refractivity contribution in [3.63, 3.8) is 0 Å². The van der Waals surface area contributed by atoms with Gasteiger partial charge in [0.15, 0.2) is 5.82 Å². The van der Waals surface area contributed by atoms with Crippen molar-refractivity contribution in [2.24, 2.45) is 0 Å². The van der Waals surface area contributed by atoms with E-state index in [-0.39, 0.29) is 6.10 Å². The van der Waals surface area contributed by atoms with E-state index in [0.29, 0.717) is 5.88 Å². The van der Waals surface area contributed by atoms with Crippen molar-refractivity contribution in [1.29, 1.82) is 0 Å². The third-order valence-corrected chi connectivity index (χ3v) is 4.95. The molecule has 0 saturated carbocycles. The largest absolute Gasteiger partial charge is 0.472 e. The first-order valence-corrected chi connectivity index (χ1v) is 9.68. The van der Waals surface area contributed by atoms with Gasteiger partial charge in [-0.1, -0.05) is 6.08 Å². The molecule has 2 aromatic rings. The number of nitrogens with zero attached hydrogens (tertiary/aromatic N) is 6. The van der Waals surface area contributed by atoms with Gasteiger partial charge in [0, 0.05) is 38.1 Å². The minimum Gasteiger partial charge on any atom is -0.472 e. The van der Waals surface area contributed by atoms with Crippen LogP contribution in [0.3, 0.4) is 0 Å². The molecule has 1 aliphatic rings. The maximum absolute atomic E-state index is 6.19. The molecule has 1 atom stereocenters. The Morgan fingerprint density at radius 3 is 2.81 bits per heavy atom. The predicted molar refractivity (Wildman–Crippen MR) is 106 cm³/mol. The molecule has 27 heavy (non-hydrogen) atoms. The molecule has 2 aromatic heterocycles. The topological polar surface area (TPSA) is 59.3 Å². The van der Waals surface area contributed by atoms with Crippen LogP contribution < -0.4 is 4.74 Å². The van der Waals surface area contributed by atoms with Gasteiger partial charge in [-0.25, -0.2) is 4.98 Å². The number of ether oxygens (including phenoxy) is 1. The zero-order valence-electron chi connectivity index (χ0n) is 16.4. The van der Waals surface area contributed by atoms with E-state index in [1.54, 1.807) is 6.20 Å². The van der Waals surface area contributed by atoms with Crippen LogP contribution in [0.5, 0.6) is 5.88 Å². The van der Waals surface area contributed by atoms with E-state index in [2.05, 4.69) is 38.6 Å². The molecule has 1 fully saturated rings. The SMILES string of the molecule is C=CCCC(CN1CCCN(C)CC1)Oc1ccc(-n2ccnc2C)nn1. The fourth-order valence-corrected chi connectivity index (χ4v) is 3.36. The summed E-state index contributed by atoms with van der Waals surface area (Å²) in [6, 6.07) is 3.81. The lowest BCUT2D eigenvalue weighted by Gasteiger charge is -2.26. The van der Waals surface area contributed by atoms with Gasteiger partial charge in [-0.15, -0.1) is 16.8 Å². The Morgan fingerprint density at radius 1 is 1.22 bits per heavy atom. The van der Waals surface area contributed by atoms with Gasteiger partial charge >= 0.3 is 0 Å². The van der Waals surface area contributed by atoms with Crippen molar-refractivity contribution in [3.8, 4) is 11.7 Å². The summed E-state index contributed by atoms with van der Waals surface area (Å²) < 4.78 is 8.09. The molecule has 146 valence electrons. The van der Waals surface area contributed by atoms with Crippen LogP contribution in [0.4, 0.5) is 0 Å². The van der Waals surface area contributed by atoms with Gasteiger partial charge in [-0.05, 0) is 52.4 Å². The van der Waals surface area contributed by atoms with Gasteiger partial charge < -0.3 is 9.64 Å². The highest BCUT2D eigenvalue weighted by Crippen LogP contribution is 2.15. The summed E-state index contributed by atoms with van der Waals surface area (Å²) in [6.45, 7) is 11.2. The summed E-state index contributed by atoms with van der Waals surface area (Å²) >= 11 is 0. The zero-order chi connectivity index (χ0) is 19.1. The average Bonchev–Trinajstić information content (AvgIpc) is 2.99. The fourth-order valence-electron chi connectivity index (χ4n) is 3.36. The number of hydrogen-bond donors (Lipinski definition) is 0. The molecule has 7 heteroatoms. The van der Waals surface area contributed by atoms with Crippen LogP contribution in [-0.4, -0.2) is 75.4 Å². The van der Waals surface area contributed by atoms with E-state index in [9.17, 15) is 0 Å². The van der Waals surface area contributed by atoms with Crippen LogP contribution in [0, 0.1) is 6.92 Å². The van der Waals surface area contributed by atoms with E-state index in [1.807, 2.05) is 35.9 Å². The van der Waals surface area contributed by atoms with Crippen LogP contribution in [0.1, 0.15) is 25.1 Å².